The summed E-state index contributed by atoms with van der Waals surface area (Å²) in [5.41, 5.74) is 0.914. The molecule has 0 radical (unpaired) electrons. The topological polar surface area (TPSA) is 107 Å². The van der Waals surface area contributed by atoms with Gasteiger partial charge in [-0.05, 0) is 32.9 Å². The fourth-order valence-electron chi connectivity index (χ4n) is 2.91. The molecule has 0 amide bonds. The first-order chi connectivity index (χ1) is 12.6. The van der Waals surface area contributed by atoms with E-state index in [9.17, 15) is 13.2 Å². The minimum Gasteiger partial charge on any atom is -0.438 e. The molecule has 9 nitrogen and oxygen atoms in total. The standard InChI is InChI=1S/C17H22O9S/c1-10-5-7-11(8-6-10)27(19,20)26-13-12(9-22-16(18)21-4)23-15-14(13)24-17(2,3)25-15/h5-8,12-15H,9H2,1-4H3/t12-,13-,14+,15+/m1/s1. The zero-order valence-electron chi connectivity index (χ0n) is 15.4. The van der Waals surface area contributed by atoms with Gasteiger partial charge in [0.2, 0.25) is 0 Å². The second-order valence-electron chi connectivity index (χ2n) is 6.74. The Morgan fingerprint density at radius 3 is 2.48 bits per heavy atom. The molecule has 2 fully saturated rings. The SMILES string of the molecule is COC(=O)OC[C@H]1O[C@H]2OC(C)(C)O[C@H]2[C@@H]1OS(=O)(=O)c1ccc(C)cc1. The molecule has 3 rings (SSSR count). The molecular formula is C17H22O9S. The highest BCUT2D eigenvalue weighted by molar-refractivity contribution is 7.86. The molecule has 2 aliphatic heterocycles. The number of ether oxygens (including phenoxy) is 5. The Bertz CT molecular complexity index is 787. The van der Waals surface area contributed by atoms with Gasteiger partial charge in [-0.2, -0.15) is 8.42 Å². The van der Waals surface area contributed by atoms with E-state index in [4.69, 9.17) is 23.1 Å². The van der Waals surface area contributed by atoms with Crippen molar-refractivity contribution in [2.75, 3.05) is 13.7 Å². The van der Waals surface area contributed by atoms with Gasteiger partial charge in [0.15, 0.2) is 12.1 Å². The summed E-state index contributed by atoms with van der Waals surface area (Å²) in [7, 11) is -2.94. The largest absolute Gasteiger partial charge is 0.508 e. The lowest BCUT2D eigenvalue weighted by atomic mass is 10.1. The normalized spacial score (nSPS) is 29.3. The van der Waals surface area contributed by atoms with Crippen LogP contribution in [0.1, 0.15) is 19.4 Å². The zero-order valence-corrected chi connectivity index (χ0v) is 16.2. The van der Waals surface area contributed by atoms with Gasteiger partial charge in [0.1, 0.15) is 24.9 Å². The number of hydrogen-bond acceptors (Lipinski definition) is 9. The van der Waals surface area contributed by atoms with Crippen LogP contribution in [0.2, 0.25) is 0 Å². The fraction of sp³-hybridized carbons (Fsp3) is 0.588. The van der Waals surface area contributed by atoms with Gasteiger partial charge >= 0.3 is 6.16 Å². The molecule has 4 atom stereocenters. The molecule has 0 aliphatic carbocycles. The third kappa shape index (κ3) is 4.41. The number of hydrogen-bond donors (Lipinski definition) is 0. The number of carbonyl (C=O) groups is 1. The molecule has 2 saturated heterocycles. The molecule has 2 heterocycles. The first-order valence-electron chi connectivity index (χ1n) is 8.33. The van der Waals surface area contributed by atoms with Crippen molar-refractivity contribution in [3.8, 4) is 0 Å². The van der Waals surface area contributed by atoms with Gasteiger partial charge < -0.3 is 23.7 Å². The lowest BCUT2D eigenvalue weighted by Crippen LogP contribution is -2.40. The van der Waals surface area contributed by atoms with Crippen molar-refractivity contribution in [3.05, 3.63) is 29.8 Å². The van der Waals surface area contributed by atoms with Crippen LogP contribution in [-0.4, -0.2) is 58.7 Å². The van der Waals surface area contributed by atoms with Crippen LogP contribution in [0.4, 0.5) is 4.79 Å². The second-order valence-corrected chi connectivity index (χ2v) is 8.31. The van der Waals surface area contributed by atoms with Crippen LogP contribution in [0.3, 0.4) is 0 Å². The summed E-state index contributed by atoms with van der Waals surface area (Å²) in [6, 6.07) is 6.24. The van der Waals surface area contributed by atoms with Gasteiger partial charge in [0.05, 0.1) is 12.0 Å². The van der Waals surface area contributed by atoms with Gasteiger partial charge in [-0.1, -0.05) is 17.7 Å². The van der Waals surface area contributed by atoms with Gasteiger partial charge in [0, 0.05) is 0 Å². The molecule has 0 bridgehead atoms. The van der Waals surface area contributed by atoms with Crippen LogP contribution in [0.15, 0.2) is 29.2 Å². The number of benzene rings is 1. The van der Waals surface area contributed by atoms with Gasteiger partial charge in [-0.25, -0.2) is 4.79 Å². The first-order valence-corrected chi connectivity index (χ1v) is 9.74. The van der Waals surface area contributed by atoms with E-state index >= 15 is 0 Å². The molecule has 0 saturated carbocycles. The number of rotatable bonds is 5. The van der Waals surface area contributed by atoms with Crippen LogP contribution in [0.25, 0.3) is 0 Å². The lowest BCUT2D eigenvalue weighted by molar-refractivity contribution is -0.216. The fourth-order valence-corrected chi connectivity index (χ4v) is 4.02. The van der Waals surface area contributed by atoms with E-state index in [1.54, 1.807) is 26.0 Å². The van der Waals surface area contributed by atoms with Gasteiger partial charge in [-0.3, -0.25) is 4.18 Å². The summed E-state index contributed by atoms with van der Waals surface area (Å²) < 4.78 is 57.1. The number of methoxy groups -OCH3 is 1. The molecular weight excluding hydrogens is 380 g/mol. The average molecular weight is 402 g/mol. The third-order valence-electron chi connectivity index (χ3n) is 4.17. The predicted octanol–water partition coefficient (Wildman–Crippen LogP) is 1.73. The van der Waals surface area contributed by atoms with Crippen molar-refractivity contribution in [3.63, 3.8) is 0 Å². The minimum atomic E-state index is -4.10. The summed E-state index contributed by atoms with van der Waals surface area (Å²) in [5.74, 6) is -0.960. The van der Waals surface area contributed by atoms with Crippen LogP contribution in [0.5, 0.6) is 0 Å². The van der Waals surface area contributed by atoms with Gasteiger partial charge in [0.25, 0.3) is 10.1 Å². The Balaban J connectivity index is 1.80. The number of fused-ring (bicyclic) bond motifs is 1. The Morgan fingerprint density at radius 1 is 1.19 bits per heavy atom. The van der Waals surface area contributed by atoms with Crippen molar-refractivity contribution >= 4 is 16.3 Å². The number of aryl methyl sites for hydroxylation is 1. The molecule has 27 heavy (non-hydrogen) atoms. The van der Waals surface area contributed by atoms with Crippen LogP contribution >= 0.6 is 0 Å². The van der Waals surface area contributed by atoms with E-state index in [2.05, 4.69) is 4.74 Å². The monoisotopic (exact) mass is 402 g/mol. The van der Waals surface area contributed by atoms with E-state index in [1.807, 2.05) is 6.92 Å². The highest BCUT2D eigenvalue weighted by Crippen LogP contribution is 2.39. The first kappa shape index (κ1) is 20.0. The summed E-state index contributed by atoms with van der Waals surface area (Å²) in [5, 5.41) is 0. The molecule has 10 heteroatoms. The minimum absolute atomic E-state index is 0.00219. The van der Waals surface area contributed by atoms with E-state index in [0.717, 1.165) is 12.7 Å². The van der Waals surface area contributed by atoms with Crippen LogP contribution in [-0.2, 0) is 38.0 Å². The highest BCUT2D eigenvalue weighted by atomic mass is 32.2. The summed E-state index contributed by atoms with van der Waals surface area (Å²) in [6.45, 7) is 4.93. The molecule has 0 unspecified atom stereocenters. The zero-order chi connectivity index (χ0) is 19.8. The maximum Gasteiger partial charge on any atom is 0.508 e. The van der Waals surface area contributed by atoms with Crippen molar-refractivity contribution in [1.82, 2.24) is 0 Å². The van der Waals surface area contributed by atoms with Crippen molar-refractivity contribution in [2.24, 2.45) is 0 Å². The summed E-state index contributed by atoms with van der Waals surface area (Å²) in [4.78, 5) is 11.2. The molecule has 0 N–H and O–H groups in total. The van der Waals surface area contributed by atoms with Gasteiger partial charge in [-0.15, -0.1) is 0 Å². The summed E-state index contributed by atoms with van der Waals surface area (Å²) >= 11 is 0. The van der Waals surface area contributed by atoms with Crippen molar-refractivity contribution in [2.45, 2.75) is 56.1 Å². The van der Waals surface area contributed by atoms with Crippen LogP contribution in [0, 0.1) is 6.92 Å². The molecule has 150 valence electrons. The lowest BCUT2D eigenvalue weighted by Gasteiger charge is -2.25. The van der Waals surface area contributed by atoms with E-state index in [-0.39, 0.29) is 11.5 Å². The van der Waals surface area contributed by atoms with E-state index in [1.165, 1.54) is 12.1 Å². The number of carbonyl (C=O) groups excluding carboxylic acids is 1. The van der Waals surface area contributed by atoms with Crippen molar-refractivity contribution < 1.29 is 41.1 Å². The Morgan fingerprint density at radius 2 is 1.85 bits per heavy atom. The van der Waals surface area contributed by atoms with E-state index < -0.39 is 46.7 Å². The van der Waals surface area contributed by atoms with Crippen LogP contribution < -0.4 is 0 Å². The Kier molecular flexibility index (Phi) is 5.46. The van der Waals surface area contributed by atoms with E-state index in [0.29, 0.717) is 0 Å². The highest BCUT2D eigenvalue weighted by Gasteiger charge is 2.57. The molecule has 0 aromatic heterocycles. The molecule has 2 aliphatic rings. The predicted molar refractivity (Wildman–Crippen MR) is 90.3 cm³/mol. The average Bonchev–Trinajstić information content (AvgIpc) is 3.05. The molecule has 1 aromatic rings. The Hall–Kier alpha value is -1.72. The Labute approximate surface area is 157 Å². The van der Waals surface area contributed by atoms with Crippen molar-refractivity contribution in [1.29, 1.82) is 0 Å². The second kappa shape index (κ2) is 7.36. The molecule has 0 spiro atoms. The molecule has 1 aromatic carbocycles. The quantitative estimate of drug-likeness (QED) is 0.537. The smallest absolute Gasteiger partial charge is 0.438 e. The maximum atomic E-state index is 12.7. The summed E-state index contributed by atoms with van der Waals surface area (Å²) in [6.07, 6.45) is -4.53. The third-order valence-corrected chi connectivity index (χ3v) is 5.49. The maximum absolute atomic E-state index is 12.7.